The highest BCUT2D eigenvalue weighted by Crippen LogP contribution is 2.39. The highest BCUT2D eigenvalue weighted by Gasteiger charge is 2.31. The van der Waals surface area contributed by atoms with E-state index in [0.29, 0.717) is 5.56 Å². The van der Waals surface area contributed by atoms with E-state index in [1.54, 1.807) is 0 Å². The van der Waals surface area contributed by atoms with Gasteiger partial charge in [-0.1, -0.05) is 46.4 Å². The maximum Gasteiger partial charge on any atom is 0.416 e. The third-order valence-corrected chi connectivity index (χ3v) is 4.11. The van der Waals surface area contributed by atoms with Crippen LogP contribution in [-0.4, -0.2) is 0 Å². The van der Waals surface area contributed by atoms with E-state index in [1.807, 2.05) is 0 Å². The molecule has 0 aliphatic carbocycles. The molecule has 0 saturated carbocycles. The zero-order chi connectivity index (χ0) is 15.1. The van der Waals surface area contributed by atoms with Crippen molar-refractivity contribution < 1.29 is 13.2 Å². The van der Waals surface area contributed by atoms with Crippen LogP contribution in [-0.2, 0) is 6.18 Å². The van der Waals surface area contributed by atoms with Gasteiger partial charge in [-0.15, -0.1) is 0 Å². The fourth-order valence-corrected chi connectivity index (χ4v) is 2.46. The molecule has 0 spiro atoms. The van der Waals surface area contributed by atoms with E-state index in [4.69, 9.17) is 46.4 Å². The topological polar surface area (TPSA) is 0 Å². The molecule has 0 fully saturated rings. The Balaban J connectivity index is 2.63. The lowest BCUT2D eigenvalue weighted by molar-refractivity contribution is -0.137. The van der Waals surface area contributed by atoms with Gasteiger partial charge in [-0.2, -0.15) is 13.2 Å². The molecule has 0 unspecified atom stereocenters. The van der Waals surface area contributed by atoms with E-state index >= 15 is 0 Å². The van der Waals surface area contributed by atoms with E-state index in [0.717, 1.165) is 12.1 Å². The minimum atomic E-state index is -4.46. The molecular formula is C13H5Cl4F3. The lowest BCUT2D eigenvalue weighted by atomic mass is 10.0. The molecule has 0 aliphatic heterocycles. The normalized spacial score (nSPS) is 11.8. The van der Waals surface area contributed by atoms with Crippen LogP contribution in [0.2, 0.25) is 20.1 Å². The Labute approximate surface area is 133 Å². The summed E-state index contributed by atoms with van der Waals surface area (Å²) in [4.78, 5) is 0. The number of rotatable bonds is 1. The Hall–Kier alpha value is -0.610. The summed E-state index contributed by atoms with van der Waals surface area (Å²) in [5.74, 6) is 0. The maximum absolute atomic E-state index is 12.7. The van der Waals surface area contributed by atoms with Crippen LogP contribution in [0.3, 0.4) is 0 Å². The summed E-state index contributed by atoms with van der Waals surface area (Å²) in [7, 11) is 0. The van der Waals surface area contributed by atoms with Gasteiger partial charge in [-0.05, 0) is 35.9 Å². The summed E-state index contributed by atoms with van der Waals surface area (Å²) in [5.41, 5.74) is -0.262. The summed E-state index contributed by atoms with van der Waals surface area (Å²) < 4.78 is 38.2. The van der Waals surface area contributed by atoms with Gasteiger partial charge in [-0.25, -0.2) is 0 Å². The Bertz CT molecular complexity index is 642. The number of benzene rings is 2. The van der Waals surface area contributed by atoms with Gasteiger partial charge >= 0.3 is 6.18 Å². The van der Waals surface area contributed by atoms with Crippen molar-refractivity contribution in [3.8, 4) is 11.1 Å². The van der Waals surface area contributed by atoms with Crippen molar-refractivity contribution >= 4 is 46.4 Å². The molecule has 106 valence electrons. The van der Waals surface area contributed by atoms with Crippen LogP contribution >= 0.6 is 46.4 Å². The van der Waals surface area contributed by atoms with Crippen molar-refractivity contribution in [1.82, 2.24) is 0 Å². The summed E-state index contributed by atoms with van der Waals surface area (Å²) in [6, 6.07) is 5.85. The van der Waals surface area contributed by atoms with Crippen molar-refractivity contribution in [2.45, 2.75) is 6.18 Å². The lowest BCUT2D eigenvalue weighted by Gasteiger charge is -2.12. The van der Waals surface area contributed by atoms with Crippen LogP contribution in [0.1, 0.15) is 5.56 Å². The molecule has 0 aromatic heterocycles. The summed E-state index contributed by atoms with van der Waals surface area (Å²) in [5, 5.41) is 0.581. The summed E-state index contributed by atoms with van der Waals surface area (Å²) in [6.45, 7) is 0. The minimum absolute atomic E-state index is 0.139. The van der Waals surface area contributed by atoms with Crippen LogP contribution in [0.5, 0.6) is 0 Å². The van der Waals surface area contributed by atoms with E-state index < -0.39 is 11.7 Å². The quantitative estimate of drug-likeness (QED) is 0.481. The average molecular weight is 360 g/mol. The summed E-state index contributed by atoms with van der Waals surface area (Å²) >= 11 is 23.5. The van der Waals surface area contributed by atoms with Gasteiger partial charge < -0.3 is 0 Å². The van der Waals surface area contributed by atoms with E-state index in [2.05, 4.69) is 0 Å². The molecule has 2 aromatic rings. The fraction of sp³-hybridized carbons (Fsp3) is 0.0769. The van der Waals surface area contributed by atoms with E-state index in [-0.39, 0.29) is 25.7 Å². The zero-order valence-corrected chi connectivity index (χ0v) is 12.6. The molecule has 0 amide bonds. The number of halogens is 7. The molecular weight excluding hydrogens is 355 g/mol. The van der Waals surface area contributed by atoms with Crippen LogP contribution < -0.4 is 0 Å². The molecule has 2 aromatic carbocycles. The highest BCUT2D eigenvalue weighted by molar-refractivity contribution is 6.48. The predicted octanol–water partition coefficient (Wildman–Crippen LogP) is 6.99. The van der Waals surface area contributed by atoms with Gasteiger partial charge in [0.15, 0.2) is 0 Å². The first-order valence-electron chi connectivity index (χ1n) is 5.22. The second-order valence-corrected chi connectivity index (χ2v) is 5.55. The van der Waals surface area contributed by atoms with Gasteiger partial charge in [0, 0.05) is 10.6 Å². The van der Waals surface area contributed by atoms with Crippen molar-refractivity contribution in [2.75, 3.05) is 0 Å². The van der Waals surface area contributed by atoms with Crippen molar-refractivity contribution in [1.29, 1.82) is 0 Å². The monoisotopic (exact) mass is 358 g/mol. The van der Waals surface area contributed by atoms with Gasteiger partial charge in [-0.3, -0.25) is 0 Å². The van der Waals surface area contributed by atoms with Crippen LogP contribution in [0, 0.1) is 0 Å². The van der Waals surface area contributed by atoms with Gasteiger partial charge in [0.05, 0.1) is 20.6 Å². The smallest absolute Gasteiger partial charge is 0.166 e. The number of alkyl halides is 3. The molecule has 0 nitrogen and oxygen atoms in total. The van der Waals surface area contributed by atoms with Crippen molar-refractivity contribution in [3.63, 3.8) is 0 Å². The Morgan fingerprint density at radius 3 is 1.80 bits per heavy atom. The molecule has 0 bridgehead atoms. The van der Waals surface area contributed by atoms with Gasteiger partial charge in [0.2, 0.25) is 0 Å². The fourth-order valence-electron chi connectivity index (χ4n) is 1.63. The van der Waals surface area contributed by atoms with Crippen LogP contribution in [0.15, 0.2) is 30.3 Å². The molecule has 2 rings (SSSR count). The zero-order valence-electron chi connectivity index (χ0n) is 9.53. The SMILES string of the molecule is FC(F)(F)c1ccc(Cl)c(-c2cc(Cl)c(Cl)c(Cl)c2)c1. The Morgan fingerprint density at radius 1 is 0.750 bits per heavy atom. The highest BCUT2D eigenvalue weighted by atomic mass is 35.5. The predicted molar refractivity (Wildman–Crippen MR) is 76.9 cm³/mol. The Kier molecular flexibility index (Phi) is 4.45. The molecule has 0 saturated heterocycles. The third kappa shape index (κ3) is 3.17. The van der Waals surface area contributed by atoms with Gasteiger partial charge in [0.1, 0.15) is 0 Å². The molecule has 0 N–H and O–H groups in total. The standard InChI is InChI=1S/C13H5Cl4F3/c14-9-2-1-7(13(18,19)20)5-8(9)6-3-10(15)12(17)11(16)4-6/h1-5H. The van der Waals surface area contributed by atoms with Crippen molar-refractivity contribution in [2.24, 2.45) is 0 Å². The molecule has 20 heavy (non-hydrogen) atoms. The first-order chi connectivity index (χ1) is 9.20. The number of hydrogen-bond acceptors (Lipinski definition) is 0. The van der Waals surface area contributed by atoms with E-state index in [1.165, 1.54) is 18.2 Å². The third-order valence-electron chi connectivity index (χ3n) is 2.59. The molecule has 0 aliphatic rings. The molecule has 0 atom stereocenters. The van der Waals surface area contributed by atoms with Crippen LogP contribution in [0.4, 0.5) is 13.2 Å². The molecule has 7 heteroatoms. The summed E-state index contributed by atoms with van der Waals surface area (Å²) in [6.07, 6.45) is -4.46. The second-order valence-electron chi connectivity index (χ2n) is 3.95. The second kappa shape index (κ2) is 5.64. The Morgan fingerprint density at radius 2 is 1.30 bits per heavy atom. The average Bonchev–Trinajstić information content (AvgIpc) is 2.34. The van der Waals surface area contributed by atoms with Crippen LogP contribution in [0.25, 0.3) is 11.1 Å². The van der Waals surface area contributed by atoms with Gasteiger partial charge in [0.25, 0.3) is 0 Å². The molecule has 0 radical (unpaired) electrons. The molecule has 0 heterocycles. The maximum atomic E-state index is 12.7. The first-order valence-corrected chi connectivity index (χ1v) is 6.73. The largest absolute Gasteiger partial charge is 0.416 e. The lowest BCUT2D eigenvalue weighted by Crippen LogP contribution is -2.04. The first kappa shape index (κ1) is 15.8. The van der Waals surface area contributed by atoms with E-state index in [9.17, 15) is 13.2 Å². The minimum Gasteiger partial charge on any atom is -0.166 e. The van der Waals surface area contributed by atoms with Crippen molar-refractivity contribution in [3.05, 3.63) is 56.0 Å². The number of hydrogen-bond donors (Lipinski definition) is 0.